The van der Waals surface area contributed by atoms with Gasteiger partial charge in [-0.25, -0.2) is 4.79 Å². The average molecular weight is 477 g/mol. The topological polar surface area (TPSA) is 120 Å². The van der Waals surface area contributed by atoms with Crippen LogP contribution in [0, 0.1) is 47.8 Å². The highest BCUT2D eigenvalue weighted by Gasteiger charge is 2.73. The number of aliphatic hydroxyl groups is 4. The van der Waals surface area contributed by atoms with Gasteiger partial charge in [-0.2, -0.15) is 0 Å². The molecule has 3 fully saturated rings. The summed E-state index contributed by atoms with van der Waals surface area (Å²) in [6.07, 6.45) is 0.305. The second kappa shape index (κ2) is 7.31. The highest BCUT2D eigenvalue weighted by molar-refractivity contribution is 5.44. The van der Waals surface area contributed by atoms with Crippen molar-refractivity contribution in [2.45, 2.75) is 97.6 Å². The van der Waals surface area contributed by atoms with Crippen LogP contribution in [0.25, 0.3) is 0 Å². The third kappa shape index (κ3) is 2.76. The SMILES string of the molecule is Cc1oc(=O)c2c(c1C)O[C@@]1(C)[C@H](O)[C@H](O)[C@H]3[C@@](C)(CC[C@H]4C(C)(C)[C@@H](O)CC[C@@]43CO)[C@@H]1C2. The van der Waals surface area contributed by atoms with Gasteiger partial charge in [-0.1, -0.05) is 20.8 Å². The van der Waals surface area contributed by atoms with Crippen molar-refractivity contribution in [1.82, 2.24) is 0 Å². The largest absolute Gasteiger partial charge is 0.483 e. The molecular formula is C27H40O7. The molecular weight excluding hydrogens is 436 g/mol. The smallest absolute Gasteiger partial charge is 0.342 e. The first-order chi connectivity index (χ1) is 15.8. The highest BCUT2D eigenvalue weighted by Crippen LogP contribution is 2.70. The second-order valence-electron chi connectivity index (χ2n) is 12.7. The van der Waals surface area contributed by atoms with Crippen molar-refractivity contribution in [1.29, 1.82) is 0 Å². The molecule has 190 valence electrons. The van der Waals surface area contributed by atoms with Crippen molar-refractivity contribution in [2.75, 3.05) is 6.61 Å². The van der Waals surface area contributed by atoms with Crippen LogP contribution in [0.2, 0.25) is 0 Å². The molecule has 0 amide bonds. The molecule has 4 aliphatic rings. The number of ether oxygens (including phenoxy) is 1. The van der Waals surface area contributed by atoms with Crippen LogP contribution in [0.4, 0.5) is 0 Å². The minimum atomic E-state index is -1.19. The summed E-state index contributed by atoms with van der Waals surface area (Å²) in [7, 11) is 0. The Morgan fingerprint density at radius 2 is 1.68 bits per heavy atom. The first-order valence-corrected chi connectivity index (χ1v) is 12.7. The Kier molecular flexibility index (Phi) is 5.22. The van der Waals surface area contributed by atoms with E-state index >= 15 is 0 Å². The molecule has 0 bridgehead atoms. The van der Waals surface area contributed by atoms with Crippen LogP contribution in [0.5, 0.6) is 5.75 Å². The Balaban J connectivity index is 1.68. The number of fused-ring (bicyclic) bond motifs is 6. The van der Waals surface area contributed by atoms with Gasteiger partial charge in [0.1, 0.15) is 23.2 Å². The molecule has 0 radical (unpaired) electrons. The van der Waals surface area contributed by atoms with Crippen molar-refractivity contribution >= 4 is 0 Å². The molecule has 4 N–H and O–H groups in total. The molecule has 0 spiro atoms. The van der Waals surface area contributed by atoms with Gasteiger partial charge in [0.25, 0.3) is 0 Å². The molecule has 9 atom stereocenters. The van der Waals surface area contributed by atoms with E-state index in [0.717, 1.165) is 18.4 Å². The van der Waals surface area contributed by atoms with E-state index in [2.05, 4.69) is 20.8 Å². The summed E-state index contributed by atoms with van der Waals surface area (Å²) in [6.45, 7) is 11.6. The maximum atomic E-state index is 12.9. The van der Waals surface area contributed by atoms with Crippen molar-refractivity contribution in [2.24, 2.45) is 34.0 Å². The molecule has 3 saturated carbocycles. The molecule has 5 rings (SSSR count). The third-order valence-electron chi connectivity index (χ3n) is 11.0. The molecule has 1 aliphatic heterocycles. The summed E-state index contributed by atoms with van der Waals surface area (Å²) in [5.41, 5.74) is -1.81. The lowest BCUT2D eigenvalue weighted by molar-refractivity contribution is -0.300. The summed E-state index contributed by atoms with van der Waals surface area (Å²) in [6, 6.07) is 0. The summed E-state index contributed by atoms with van der Waals surface area (Å²) in [5, 5.41) is 45.1. The average Bonchev–Trinajstić information content (AvgIpc) is 2.78. The van der Waals surface area contributed by atoms with Gasteiger partial charge in [0.05, 0.1) is 17.8 Å². The monoisotopic (exact) mass is 476 g/mol. The standard InChI is InChI=1S/C27H40O7/c1-13-14(2)33-23(32)15-11-17-25(5)9-7-16-24(3,4)18(29)8-10-27(16,12-28)21(25)19(30)22(31)26(17,6)34-20(13)15/h16-19,21-22,28-31H,7-12H2,1-6H3/t16-,17-,18-,19+,21-,22+,25-,26+,27+/m0/s1. The van der Waals surface area contributed by atoms with Crippen LogP contribution in [0.15, 0.2) is 9.21 Å². The summed E-state index contributed by atoms with van der Waals surface area (Å²) >= 11 is 0. The van der Waals surface area contributed by atoms with Crippen LogP contribution >= 0.6 is 0 Å². The van der Waals surface area contributed by atoms with Crippen molar-refractivity contribution in [3.05, 3.63) is 27.3 Å². The first kappa shape index (κ1) is 24.3. The molecule has 2 heterocycles. The maximum absolute atomic E-state index is 12.9. The highest BCUT2D eigenvalue weighted by atomic mass is 16.5. The minimum absolute atomic E-state index is 0.00443. The van der Waals surface area contributed by atoms with Crippen LogP contribution in [0.3, 0.4) is 0 Å². The van der Waals surface area contributed by atoms with Gasteiger partial charge in [-0.15, -0.1) is 0 Å². The van der Waals surface area contributed by atoms with E-state index in [0.29, 0.717) is 36.3 Å². The first-order valence-electron chi connectivity index (χ1n) is 12.7. The Labute approximate surface area is 201 Å². The Morgan fingerprint density at radius 3 is 2.32 bits per heavy atom. The number of hydrogen-bond donors (Lipinski definition) is 4. The predicted octanol–water partition coefficient (Wildman–Crippen LogP) is 2.49. The lowest BCUT2D eigenvalue weighted by Crippen LogP contribution is -2.76. The molecule has 7 heteroatoms. The molecule has 34 heavy (non-hydrogen) atoms. The second-order valence-corrected chi connectivity index (χ2v) is 12.7. The number of rotatable bonds is 1. The number of aryl methyl sites for hydroxylation is 1. The lowest BCUT2D eigenvalue weighted by Gasteiger charge is -2.71. The van der Waals surface area contributed by atoms with Crippen LogP contribution in [0.1, 0.15) is 70.3 Å². The van der Waals surface area contributed by atoms with Crippen molar-refractivity contribution in [3.8, 4) is 5.75 Å². The summed E-state index contributed by atoms with van der Waals surface area (Å²) in [4.78, 5) is 12.9. The van der Waals surface area contributed by atoms with Gasteiger partial charge in [-0.3, -0.25) is 0 Å². The molecule has 0 aromatic carbocycles. The van der Waals surface area contributed by atoms with Crippen LogP contribution in [-0.4, -0.2) is 50.9 Å². The molecule has 0 unspecified atom stereocenters. The molecule has 1 aromatic rings. The van der Waals surface area contributed by atoms with Gasteiger partial charge >= 0.3 is 5.63 Å². The fourth-order valence-corrected chi connectivity index (χ4v) is 9.08. The predicted molar refractivity (Wildman–Crippen MR) is 126 cm³/mol. The zero-order valence-electron chi connectivity index (χ0n) is 21.2. The van der Waals surface area contributed by atoms with E-state index in [1.807, 2.05) is 13.8 Å². The molecule has 3 aliphatic carbocycles. The summed E-state index contributed by atoms with van der Waals surface area (Å²) in [5.74, 6) is 0.314. The van der Waals surface area contributed by atoms with Crippen molar-refractivity contribution in [3.63, 3.8) is 0 Å². The molecule has 1 aromatic heterocycles. The zero-order valence-corrected chi connectivity index (χ0v) is 21.2. The lowest BCUT2D eigenvalue weighted by atomic mass is 9.36. The number of aliphatic hydroxyl groups excluding tert-OH is 4. The van der Waals surface area contributed by atoms with Gasteiger partial charge in [-0.05, 0) is 69.6 Å². The Hall–Kier alpha value is -1.41. The molecule has 7 nitrogen and oxygen atoms in total. The Bertz CT molecular complexity index is 1060. The normalized spacial score (nSPS) is 47.0. The number of hydrogen-bond acceptors (Lipinski definition) is 7. The van der Waals surface area contributed by atoms with E-state index in [9.17, 15) is 25.2 Å². The van der Waals surface area contributed by atoms with E-state index in [1.165, 1.54) is 0 Å². The van der Waals surface area contributed by atoms with E-state index in [-0.39, 0.29) is 18.4 Å². The van der Waals surface area contributed by atoms with E-state index in [4.69, 9.17) is 9.15 Å². The van der Waals surface area contributed by atoms with Gasteiger partial charge in [0, 0.05) is 29.4 Å². The fraction of sp³-hybridized carbons (Fsp3) is 0.815. The quantitative estimate of drug-likeness (QED) is 0.491. The zero-order chi connectivity index (χ0) is 25.0. The fourth-order valence-electron chi connectivity index (χ4n) is 9.08. The van der Waals surface area contributed by atoms with Crippen LogP contribution < -0.4 is 10.4 Å². The van der Waals surface area contributed by atoms with Gasteiger partial charge < -0.3 is 29.6 Å². The summed E-state index contributed by atoms with van der Waals surface area (Å²) < 4.78 is 12.0. The van der Waals surface area contributed by atoms with E-state index < -0.39 is 51.7 Å². The molecule has 0 saturated heterocycles. The van der Waals surface area contributed by atoms with Crippen molar-refractivity contribution < 1.29 is 29.6 Å². The van der Waals surface area contributed by atoms with Crippen LogP contribution in [-0.2, 0) is 6.42 Å². The van der Waals surface area contributed by atoms with E-state index in [1.54, 1.807) is 6.92 Å². The van der Waals surface area contributed by atoms with Gasteiger partial charge in [0.2, 0.25) is 0 Å². The van der Waals surface area contributed by atoms with Gasteiger partial charge in [0.15, 0.2) is 0 Å². The Morgan fingerprint density at radius 1 is 1.00 bits per heavy atom. The third-order valence-corrected chi connectivity index (χ3v) is 11.0. The maximum Gasteiger partial charge on any atom is 0.342 e. The minimum Gasteiger partial charge on any atom is -0.483 e.